The van der Waals surface area contributed by atoms with Gasteiger partial charge in [-0.2, -0.15) is 5.10 Å². The number of carbonyl (C=O) groups is 1. The molecule has 0 unspecified atom stereocenters. The summed E-state index contributed by atoms with van der Waals surface area (Å²) in [5.74, 6) is 0.893. The summed E-state index contributed by atoms with van der Waals surface area (Å²) in [5.41, 5.74) is 1.25. The van der Waals surface area contributed by atoms with E-state index in [4.69, 9.17) is 4.74 Å². The number of nitrogens with one attached hydrogen (secondary N) is 1. The molecule has 1 aliphatic heterocycles. The van der Waals surface area contributed by atoms with E-state index in [0.717, 1.165) is 38.4 Å². The Morgan fingerprint density at radius 2 is 2.04 bits per heavy atom. The first-order valence-electron chi connectivity index (χ1n) is 8.49. The van der Waals surface area contributed by atoms with Crippen LogP contribution in [0.25, 0.3) is 0 Å². The van der Waals surface area contributed by atoms with Crippen LogP contribution in [-0.4, -0.2) is 78.0 Å². The monoisotopic (exact) mass is 336 g/mol. The average molecular weight is 336 g/mol. The second kappa shape index (κ2) is 9.14. The third-order valence-corrected chi connectivity index (χ3v) is 4.00. The van der Waals surface area contributed by atoms with Crippen LogP contribution in [0.1, 0.15) is 18.9 Å². The number of nitrogens with zero attached hydrogens (tertiary/aromatic N) is 5. The highest BCUT2D eigenvalue weighted by molar-refractivity contribution is 5.80. The summed E-state index contributed by atoms with van der Waals surface area (Å²) in [4.78, 5) is 20.0. The number of aryl methyl sites for hydroxylation is 2. The zero-order valence-corrected chi connectivity index (χ0v) is 14.9. The van der Waals surface area contributed by atoms with Crippen molar-refractivity contribution in [3.8, 4) is 0 Å². The molecule has 1 N–H and O–H groups in total. The van der Waals surface area contributed by atoms with Gasteiger partial charge >= 0.3 is 6.09 Å². The molecule has 0 spiro atoms. The highest BCUT2D eigenvalue weighted by Crippen LogP contribution is 2.05. The maximum absolute atomic E-state index is 11.7. The number of guanidine groups is 1. The van der Waals surface area contributed by atoms with Gasteiger partial charge in [-0.15, -0.1) is 0 Å². The topological polar surface area (TPSA) is 75.0 Å². The van der Waals surface area contributed by atoms with Crippen molar-refractivity contribution in [2.75, 3.05) is 46.4 Å². The molecule has 0 bridgehead atoms. The molecule has 1 amide bonds. The number of ether oxygens (including phenoxy) is 1. The molecule has 24 heavy (non-hydrogen) atoms. The van der Waals surface area contributed by atoms with Crippen LogP contribution in [0.4, 0.5) is 4.79 Å². The minimum atomic E-state index is -0.225. The maximum Gasteiger partial charge on any atom is 0.409 e. The number of hydrogen-bond acceptors (Lipinski definition) is 4. The van der Waals surface area contributed by atoms with Crippen molar-refractivity contribution < 1.29 is 9.53 Å². The maximum atomic E-state index is 11.7. The Morgan fingerprint density at radius 1 is 1.33 bits per heavy atom. The summed E-state index contributed by atoms with van der Waals surface area (Å²) >= 11 is 0. The van der Waals surface area contributed by atoms with Crippen molar-refractivity contribution in [1.29, 1.82) is 0 Å². The van der Waals surface area contributed by atoms with Crippen molar-refractivity contribution in [3.05, 3.63) is 18.0 Å². The zero-order valence-electron chi connectivity index (χ0n) is 14.9. The quantitative estimate of drug-likeness (QED) is 0.487. The van der Waals surface area contributed by atoms with E-state index in [1.54, 1.807) is 11.9 Å². The van der Waals surface area contributed by atoms with Crippen LogP contribution in [0.3, 0.4) is 0 Å². The fourth-order valence-corrected chi connectivity index (χ4v) is 2.74. The molecule has 0 aromatic carbocycles. The van der Waals surface area contributed by atoms with Gasteiger partial charge < -0.3 is 19.9 Å². The van der Waals surface area contributed by atoms with E-state index < -0.39 is 0 Å². The SMILES string of the molecule is CCOC(=O)N1CCN(C(=NC)NCCCc2cnn(C)c2)CC1. The lowest BCUT2D eigenvalue weighted by Gasteiger charge is -2.35. The predicted octanol–water partition coefficient (Wildman–Crippen LogP) is 0.702. The summed E-state index contributed by atoms with van der Waals surface area (Å²) in [6.07, 6.45) is 5.74. The summed E-state index contributed by atoms with van der Waals surface area (Å²) in [6.45, 7) is 5.96. The predicted molar refractivity (Wildman–Crippen MR) is 93.1 cm³/mol. The second-order valence-electron chi connectivity index (χ2n) is 5.77. The lowest BCUT2D eigenvalue weighted by molar-refractivity contribution is 0.0914. The molecular weight excluding hydrogens is 308 g/mol. The lowest BCUT2D eigenvalue weighted by Crippen LogP contribution is -2.54. The highest BCUT2D eigenvalue weighted by Gasteiger charge is 2.23. The smallest absolute Gasteiger partial charge is 0.409 e. The van der Waals surface area contributed by atoms with E-state index in [1.807, 2.05) is 31.0 Å². The lowest BCUT2D eigenvalue weighted by atomic mass is 10.2. The fourth-order valence-electron chi connectivity index (χ4n) is 2.74. The van der Waals surface area contributed by atoms with Crippen LogP contribution in [0.2, 0.25) is 0 Å². The van der Waals surface area contributed by atoms with Crippen LogP contribution in [0.15, 0.2) is 17.4 Å². The van der Waals surface area contributed by atoms with Crippen molar-refractivity contribution in [2.45, 2.75) is 19.8 Å². The molecule has 2 rings (SSSR count). The molecule has 8 nitrogen and oxygen atoms in total. The number of hydrogen-bond donors (Lipinski definition) is 1. The first kappa shape index (κ1) is 18.1. The molecule has 134 valence electrons. The third kappa shape index (κ3) is 5.14. The van der Waals surface area contributed by atoms with Crippen molar-refractivity contribution >= 4 is 12.1 Å². The van der Waals surface area contributed by atoms with Gasteiger partial charge in [0.05, 0.1) is 12.8 Å². The Balaban J connectivity index is 1.69. The van der Waals surface area contributed by atoms with Crippen LogP contribution in [0, 0.1) is 0 Å². The largest absolute Gasteiger partial charge is 0.450 e. The normalized spacial score (nSPS) is 15.5. The Bertz CT molecular complexity index is 549. The number of aliphatic imine (C=N–C) groups is 1. The molecule has 0 saturated carbocycles. The fraction of sp³-hybridized carbons (Fsp3) is 0.688. The molecule has 0 aliphatic carbocycles. The van der Waals surface area contributed by atoms with E-state index in [-0.39, 0.29) is 6.09 Å². The summed E-state index contributed by atoms with van der Waals surface area (Å²) in [5, 5.41) is 7.58. The zero-order chi connectivity index (χ0) is 17.4. The third-order valence-electron chi connectivity index (χ3n) is 4.00. The van der Waals surface area contributed by atoms with E-state index in [1.165, 1.54) is 5.56 Å². The molecule has 1 aromatic rings. The highest BCUT2D eigenvalue weighted by atomic mass is 16.6. The summed E-state index contributed by atoms with van der Waals surface area (Å²) in [6, 6.07) is 0. The number of rotatable bonds is 5. The summed E-state index contributed by atoms with van der Waals surface area (Å²) < 4.78 is 6.87. The number of carbonyl (C=O) groups excluding carboxylic acids is 1. The van der Waals surface area contributed by atoms with Crippen LogP contribution in [-0.2, 0) is 18.2 Å². The standard InChI is InChI=1S/C16H28N6O2/c1-4-24-16(23)22-10-8-21(9-11-22)15(17-2)18-7-5-6-14-12-19-20(3)13-14/h12-13H,4-11H2,1-3H3,(H,17,18). The number of piperazine rings is 1. The molecular formula is C16H28N6O2. The van der Waals surface area contributed by atoms with Crippen LogP contribution in [0.5, 0.6) is 0 Å². The van der Waals surface area contributed by atoms with Gasteiger partial charge in [0.2, 0.25) is 0 Å². The minimum Gasteiger partial charge on any atom is -0.450 e. The molecule has 1 fully saturated rings. The molecule has 0 atom stereocenters. The second-order valence-corrected chi connectivity index (χ2v) is 5.77. The van der Waals surface area contributed by atoms with Crippen LogP contribution < -0.4 is 5.32 Å². The Labute approximate surface area is 143 Å². The molecule has 1 saturated heterocycles. The van der Waals surface area contributed by atoms with Crippen molar-refractivity contribution in [2.24, 2.45) is 12.0 Å². The first-order chi connectivity index (χ1) is 11.6. The Kier molecular flexibility index (Phi) is 6.89. The Hall–Kier alpha value is -2.25. The van der Waals surface area contributed by atoms with Gasteiger partial charge in [-0.25, -0.2) is 4.79 Å². The molecule has 1 aromatic heterocycles. The van der Waals surface area contributed by atoms with E-state index in [9.17, 15) is 4.79 Å². The molecule has 8 heteroatoms. The van der Waals surface area contributed by atoms with Gasteiger partial charge in [0.25, 0.3) is 0 Å². The van der Waals surface area contributed by atoms with Gasteiger partial charge in [0, 0.05) is 53.0 Å². The minimum absolute atomic E-state index is 0.225. The first-order valence-corrected chi connectivity index (χ1v) is 8.49. The van der Waals surface area contributed by atoms with Gasteiger partial charge in [0.15, 0.2) is 5.96 Å². The Morgan fingerprint density at radius 3 is 2.62 bits per heavy atom. The van der Waals surface area contributed by atoms with E-state index in [2.05, 4.69) is 20.3 Å². The average Bonchev–Trinajstić information content (AvgIpc) is 3.01. The molecule has 2 heterocycles. The van der Waals surface area contributed by atoms with Gasteiger partial charge in [-0.05, 0) is 25.3 Å². The van der Waals surface area contributed by atoms with Gasteiger partial charge in [-0.3, -0.25) is 9.67 Å². The van der Waals surface area contributed by atoms with E-state index >= 15 is 0 Å². The molecule has 1 aliphatic rings. The van der Waals surface area contributed by atoms with Crippen molar-refractivity contribution in [1.82, 2.24) is 24.9 Å². The number of aromatic nitrogens is 2. The summed E-state index contributed by atoms with van der Waals surface area (Å²) in [7, 11) is 3.72. The van der Waals surface area contributed by atoms with Crippen molar-refractivity contribution in [3.63, 3.8) is 0 Å². The molecule has 0 radical (unpaired) electrons. The van der Waals surface area contributed by atoms with Gasteiger partial charge in [-0.1, -0.05) is 0 Å². The van der Waals surface area contributed by atoms with E-state index in [0.29, 0.717) is 19.7 Å². The number of amides is 1. The van der Waals surface area contributed by atoms with Gasteiger partial charge in [0.1, 0.15) is 0 Å². The van der Waals surface area contributed by atoms with Crippen LogP contribution >= 0.6 is 0 Å².